The van der Waals surface area contributed by atoms with Gasteiger partial charge in [0.1, 0.15) is 0 Å². The Hall–Kier alpha value is -1.80. The van der Waals surface area contributed by atoms with Crippen LogP contribution in [0.15, 0.2) is 30.3 Å². The highest BCUT2D eigenvalue weighted by Crippen LogP contribution is 1.93. The van der Waals surface area contributed by atoms with Gasteiger partial charge in [-0.15, -0.1) is 0 Å². The van der Waals surface area contributed by atoms with E-state index in [-0.39, 0.29) is 0 Å². The first kappa shape index (κ1) is 11.2. The summed E-state index contributed by atoms with van der Waals surface area (Å²) < 4.78 is 0. The number of rotatable bonds is 1. The van der Waals surface area contributed by atoms with Crippen molar-refractivity contribution in [2.45, 2.75) is 19.8 Å². The van der Waals surface area contributed by atoms with Crippen molar-refractivity contribution < 1.29 is 0 Å². The summed E-state index contributed by atoms with van der Waals surface area (Å²) in [5.41, 5.74) is 0.715. The summed E-state index contributed by atoms with van der Waals surface area (Å²) in [6.45, 7) is 1.99. The van der Waals surface area contributed by atoms with Gasteiger partial charge in [0.2, 0.25) is 0 Å². The van der Waals surface area contributed by atoms with E-state index in [1.165, 1.54) is 0 Å². The second-order valence-electron chi connectivity index (χ2n) is 2.39. The Labute approximate surface area is 79.0 Å². The molecule has 0 spiro atoms. The van der Waals surface area contributed by atoms with E-state index in [9.17, 15) is 0 Å². The van der Waals surface area contributed by atoms with Crippen LogP contribution in [0.2, 0.25) is 0 Å². The van der Waals surface area contributed by atoms with Crippen LogP contribution in [0.3, 0.4) is 0 Å². The highest BCUT2D eigenvalue weighted by molar-refractivity contribution is 5.27. The standard InChI is InChI=1S/C7H5N.C4H7N/c8-6-7-4-2-1-3-5-7;1-2-3-4-5/h1-5H;2-3H2,1H3. The summed E-state index contributed by atoms with van der Waals surface area (Å²) in [5, 5.41) is 16.1. The lowest BCUT2D eigenvalue weighted by atomic mass is 10.2. The van der Waals surface area contributed by atoms with E-state index in [0.29, 0.717) is 12.0 Å². The molecule has 0 radical (unpaired) electrons. The second kappa shape index (κ2) is 8.30. The SMILES string of the molecule is CCCC#N.N#Cc1ccccc1. The fourth-order valence-electron chi connectivity index (χ4n) is 0.624. The van der Waals surface area contributed by atoms with Crippen molar-refractivity contribution in [3.05, 3.63) is 35.9 Å². The van der Waals surface area contributed by atoms with Gasteiger partial charge in [0.05, 0.1) is 17.7 Å². The normalized spacial score (nSPS) is 7.31. The molecule has 0 atom stereocenters. The molecule has 1 rings (SSSR count). The molecule has 0 aromatic heterocycles. The molecule has 2 heteroatoms. The molecule has 0 aliphatic heterocycles. The van der Waals surface area contributed by atoms with E-state index in [1.807, 2.05) is 37.3 Å². The first-order valence-corrected chi connectivity index (χ1v) is 4.17. The first-order valence-electron chi connectivity index (χ1n) is 4.17. The van der Waals surface area contributed by atoms with Gasteiger partial charge in [0.25, 0.3) is 0 Å². The van der Waals surface area contributed by atoms with Crippen LogP contribution in [-0.2, 0) is 0 Å². The molecular weight excluding hydrogens is 160 g/mol. The Bertz CT molecular complexity index is 290. The van der Waals surface area contributed by atoms with Crippen molar-refractivity contribution >= 4 is 0 Å². The minimum Gasteiger partial charge on any atom is -0.198 e. The van der Waals surface area contributed by atoms with Crippen molar-refractivity contribution in [2.75, 3.05) is 0 Å². The summed E-state index contributed by atoms with van der Waals surface area (Å²) in [6.07, 6.45) is 1.68. The molecule has 0 unspecified atom stereocenters. The van der Waals surface area contributed by atoms with Crippen LogP contribution in [0, 0.1) is 22.7 Å². The van der Waals surface area contributed by atoms with Gasteiger partial charge < -0.3 is 0 Å². The molecule has 0 N–H and O–H groups in total. The van der Waals surface area contributed by atoms with Gasteiger partial charge >= 0.3 is 0 Å². The highest BCUT2D eigenvalue weighted by Gasteiger charge is 1.79. The van der Waals surface area contributed by atoms with Crippen LogP contribution in [0.25, 0.3) is 0 Å². The molecule has 0 heterocycles. The molecule has 0 saturated heterocycles. The predicted octanol–water partition coefficient (Wildman–Crippen LogP) is 2.87. The molecule has 13 heavy (non-hydrogen) atoms. The van der Waals surface area contributed by atoms with Gasteiger partial charge in [-0.1, -0.05) is 25.1 Å². The highest BCUT2D eigenvalue weighted by atomic mass is 14.2. The topological polar surface area (TPSA) is 47.6 Å². The monoisotopic (exact) mass is 172 g/mol. The largest absolute Gasteiger partial charge is 0.198 e. The molecule has 0 amide bonds. The smallest absolute Gasteiger partial charge is 0.0991 e. The maximum Gasteiger partial charge on any atom is 0.0991 e. The molecule has 0 aliphatic carbocycles. The lowest BCUT2D eigenvalue weighted by Gasteiger charge is -1.80. The molecule has 0 bridgehead atoms. The zero-order chi connectivity index (χ0) is 9.94. The molecule has 0 fully saturated rings. The van der Waals surface area contributed by atoms with Crippen molar-refractivity contribution in [1.29, 1.82) is 10.5 Å². The fraction of sp³-hybridized carbons (Fsp3) is 0.273. The van der Waals surface area contributed by atoms with E-state index in [1.54, 1.807) is 12.1 Å². The van der Waals surface area contributed by atoms with Gasteiger partial charge in [0.15, 0.2) is 0 Å². The molecular formula is C11H12N2. The molecule has 2 nitrogen and oxygen atoms in total. The lowest BCUT2D eigenvalue weighted by molar-refractivity contribution is 0.969. The summed E-state index contributed by atoms with van der Waals surface area (Å²) in [5.74, 6) is 0. The van der Waals surface area contributed by atoms with Gasteiger partial charge in [-0.2, -0.15) is 10.5 Å². The van der Waals surface area contributed by atoms with E-state index in [0.717, 1.165) is 6.42 Å². The first-order chi connectivity index (χ1) is 6.35. The van der Waals surface area contributed by atoms with Gasteiger partial charge in [-0.25, -0.2) is 0 Å². The van der Waals surface area contributed by atoms with Crippen molar-refractivity contribution in [2.24, 2.45) is 0 Å². The van der Waals surface area contributed by atoms with E-state index in [4.69, 9.17) is 10.5 Å². The van der Waals surface area contributed by atoms with Crippen LogP contribution in [0.5, 0.6) is 0 Å². The zero-order valence-corrected chi connectivity index (χ0v) is 7.70. The summed E-state index contributed by atoms with van der Waals surface area (Å²) in [6, 6.07) is 13.2. The van der Waals surface area contributed by atoms with Crippen LogP contribution < -0.4 is 0 Å². The molecule has 0 aliphatic rings. The minimum atomic E-state index is 0.694. The fourth-order valence-corrected chi connectivity index (χ4v) is 0.624. The van der Waals surface area contributed by atoms with E-state index in [2.05, 4.69) is 0 Å². The van der Waals surface area contributed by atoms with Gasteiger partial charge in [-0.3, -0.25) is 0 Å². The quantitative estimate of drug-likeness (QED) is 0.653. The average molecular weight is 172 g/mol. The molecule has 0 saturated carbocycles. The van der Waals surface area contributed by atoms with E-state index >= 15 is 0 Å². The summed E-state index contributed by atoms with van der Waals surface area (Å²) in [7, 11) is 0. The Morgan fingerprint density at radius 3 is 2.00 bits per heavy atom. The van der Waals surface area contributed by atoms with Gasteiger partial charge in [-0.05, 0) is 18.6 Å². The number of benzene rings is 1. The van der Waals surface area contributed by atoms with Crippen LogP contribution in [0.4, 0.5) is 0 Å². The zero-order valence-electron chi connectivity index (χ0n) is 7.70. The van der Waals surface area contributed by atoms with Gasteiger partial charge in [0, 0.05) is 6.42 Å². The number of hydrogen-bond acceptors (Lipinski definition) is 2. The number of hydrogen-bond donors (Lipinski definition) is 0. The van der Waals surface area contributed by atoms with Crippen molar-refractivity contribution in [3.63, 3.8) is 0 Å². The average Bonchev–Trinajstić information content (AvgIpc) is 2.21. The molecule has 1 aromatic rings. The van der Waals surface area contributed by atoms with Crippen LogP contribution >= 0.6 is 0 Å². The molecule has 66 valence electrons. The lowest BCUT2D eigenvalue weighted by Crippen LogP contribution is -1.66. The van der Waals surface area contributed by atoms with Crippen molar-refractivity contribution in [1.82, 2.24) is 0 Å². The second-order valence-corrected chi connectivity index (χ2v) is 2.39. The Morgan fingerprint density at radius 2 is 1.77 bits per heavy atom. The third-order valence-electron chi connectivity index (χ3n) is 1.26. The van der Waals surface area contributed by atoms with Crippen LogP contribution in [-0.4, -0.2) is 0 Å². The van der Waals surface area contributed by atoms with Crippen molar-refractivity contribution in [3.8, 4) is 12.1 Å². The summed E-state index contributed by atoms with van der Waals surface area (Å²) in [4.78, 5) is 0. The van der Waals surface area contributed by atoms with Crippen LogP contribution in [0.1, 0.15) is 25.3 Å². The maximum atomic E-state index is 8.29. The number of nitriles is 2. The summed E-state index contributed by atoms with van der Waals surface area (Å²) >= 11 is 0. The Kier molecular flexibility index (Phi) is 7.15. The number of nitrogens with zero attached hydrogens (tertiary/aromatic N) is 2. The Morgan fingerprint density at radius 1 is 1.15 bits per heavy atom. The minimum absolute atomic E-state index is 0.694. The van der Waals surface area contributed by atoms with E-state index < -0.39 is 0 Å². The third kappa shape index (κ3) is 6.59. The molecule has 1 aromatic carbocycles. The Balaban J connectivity index is 0.000000252. The number of unbranched alkanes of at least 4 members (excludes halogenated alkanes) is 1. The predicted molar refractivity (Wildman–Crippen MR) is 51.7 cm³/mol. The third-order valence-corrected chi connectivity index (χ3v) is 1.26. The maximum absolute atomic E-state index is 8.29.